The molecule has 0 unspecified atom stereocenters. The minimum Gasteiger partial charge on any atom is -0.355 e. The van der Waals surface area contributed by atoms with Gasteiger partial charge in [-0.15, -0.1) is 10.2 Å². The van der Waals surface area contributed by atoms with Gasteiger partial charge in [0.05, 0.1) is 0 Å². The number of aromatic nitrogens is 2. The van der Waals surface area contributed by atoms with Gasteiger partial charge in [-0.25, -0.2) is 8.42 Å². The number of anilines is 1. The van der Waals surface area contributed by atoms with Crippen LogP contribution in [0.5, 0.6) is 0 Å². The van der Waals surface area contributed by atoms with Gasteiger partial charge in [0.2, 0.25) is 25.2 Å². The molecule has 2 N–H and O–H groups in total. The Balaban J connectivity index is 2.72. The fourth-order valence-corrected chi connectivity index (χ4v) is 4.09. The summed E-state index contributed by atoms with van der Waals surface area (Å²) in [4.78, 5) is 11.8. The van der Waals surface area contributed by atoms with Crippen LogP contribution in [0.2, 0.25) is 0 Å². The second-order valence-electron chi connectivity index (χ2n) is 6.26. The third-order valence-corrected chi connectivity index (χ3v) is 5.51. The lowest BCUT2D eigenvalue weighted by atomic mass is 10.1. The van der Waals surface area contributed by atoms with Gasteiger partial charge >= 0.3 is 0 Å². The number of hydrogen-bond donors (Lipinski definition) is 2. The maximum absolute atomic E-state index is 12.2. The molecule has 1 atom stereocenters. The highest BCUT2D eigenvalue weighted by Gasteiger charge is 2.25. The number of carbonyl (C=O) groups is 1. The predicted molar refractivity (Wildman–Crippen MR) is 87.9 cm³/mol. The normalized spacial score (nSPS) is 13.7. The van der Waals surface area contributed by atoms with Crippen LogP contribution in [0.4, 0.5) is 5.13 Å². The van der Waals surface area contributed by atoms with Crippen LogP contribution in [0.3, 0.4) is 0 Å². The number of sulfone groups is 1. The maximum Gasteiger partial charge on any atom is 0.235 e. The Hall–Kier alpha value is -1.22. The molecule has 0 fully saturated rings. The standard InChI is InChI=1S/C13H24N4O3S2/c1-6-7-9(2)14-10(18)8-22(19,20)12-17-16-11(21-12)15-13(3,4)5/h9H,6-8H2,1-5H3,(H,14,18)(H,15,16)/t9-/m0/s1. The Morgan fingerprint density at radius 2 is 1.95 bits per heavy atom. The molecule has 1 aromatic rings. The molecule has 1 heterocycles. The molecule has 0 aromatic carbocycles. The Morgan fingerprint density at radius 1 is 1.32 bits per heavy atom. The van der Waals surface area contributed by atoms with Gasteiger partial charge in [-0.3, -0.25) is 4.79 Å². The first kappa shape index (κ1) is 18.8. The highest BCUT2D eigenvalue weighted by Crippen LogP contribution is 2.23. The van der Waals surface area contributed by atoms with Gasteiger partial charge in [0.15, 0.2) is 0 Å². The lowest BCUT2D eigenvalue weighted by Gasteiger charge is -2.18. The maximum atomic E-state index is 12.2. The third-order valence-electron chi connectivity index (χ3n) is 2.60. The molecular weight excluding hydrogens is 324 g/mol. The minimum absolute atomic E-state index is 0.0414. The summed E-state index contributed by atoms with van der Waals surface area (Å²) in [6.45, 7) is 9.66. The van der Waals surface area contributed by atoms with Crippen LogP contribution >= 0.6 is 11.3 Å². The van der Waals surface area contributed by atoms with Crippen molar-refractivity contribution < 1.29 is 13.2 Å². The van der Waals surface area contributed by atoms with Gasteiger partial charge < -0.3 is 10.6 Å². The smallest absolute Gasteiger partial charge is 0.235 e. The summed E-state index contributed by atoms with van der Waals surface area (Å²) >= 11 is 0.937. The Kier molecular flexibility index (Phi) is 6.30. The van der Waals surface area contributed by atoms with Crippen molar-refractivity contribution in [1.82, 2.24) is 15.5 Å². The zero-order valence-corrected chi connectivity index (χ0v) is 15.3. The SMILES string of the molecule is CCC[C@H](C)NC(=O)CS(=O)(=O)c1nnc(NC(C)(C)C)s1. The lowest BCUT2D eigenvalue weighted by molar-refractivity contribution is -0.119. The van der Waals surface area contributed by atoms with Crippen molar-refractivity contribution in [3.05, 3.63) is 0 Å². The number of nitrogens with one attached hydrogen (secondary N) is 2. The summed E-state index contributed by atoms with van der Waals surface area (Å²) in [6.07, 6.45) is 1.73. The van der Waals surface area contributed by atoms with E-state index in [1.54, 1.807) is 0 Å². The molecule has 0 aliphatic heterocycles. The van der Waals surface area contributed by atoms with Gasteiger partial charge in [-0.2, -0.15) is 0 Å². The van der Waals surface area contributed by atoms with Crippen LogP contribution in [0.25, 0.3) is 0 Å². The van der Waals surface area contributed by atoms with Gasteiger partial charge in [0.25, 0.3) is 0 Å². The summed E-state index contributed by atoms with van der Waals surface area (Å²) in [5, 5.41) is 13.6. The van der Waals surface area contributed by atoms with Gasteiger partial charge in [-0.1, -0.05) is 24.7 Å². The van der Waals surface area contributed by atoms with Crippen molar-refractivity contribution >= 4 is 32.2 Å². The molecule has 126 valence electrons. The summed E-state index contributed by atoms with van der Waals surface area (Å²) in [6, 6.07) is -0.0414. The first-order valence-electron chi connectivity index (χ1n) is 7.17. The average molecular weight is 348 g/mol. The molecule has 1 rings (SSSR count). The monoisotopic (exact) mass is 348 g/mol. The van der Waals surface area contributed by atoms with Crippen LogP contribution < -0.4 is 10.6 Å². The predicted octanol–water partition coefficient (Wildman–Crippen LogP) is 1.83. The number of carbonyl (C=O) groups excluding carboxylic acids is 1. The lowest BCUT2D eigenvalue weighted by Crippen LogP contribution is -2.36. The highest BCUT2D eigenvalue weighted by molar-refractivity contribution is 7.94. The molecule has 1 amide bonds. The van der Waals surface area contributed by atoms with Gasteiger partial charge in [-0.05, 0) is 34.1 Å². The molecule has 9 heteroatoms. The molecule has 0 bridgehead atoms. The summed E-state index contributed by atoms with van der Waals surface area (Å²) in [7, 11) is -3.76. The van der Waals surface area contributed by atoms with Crippen molar-refractivity contribution in [2.75, 3.05) is 11.1 Å². The molecular formula is C13H24N4O3S2. The van der Waals surface area contributed by atoms with E-state index in [4.69, 9.17) is 0 Å². The van der Waals surface area contributed by atoms with E-state index in [9.17, 15) is 13.2 Å². The largest absolute Gasteiger partial charge is 0.355 e. The van der Waals surface area contributed by atoms with Crippen molar-refractivity contribution in [2.24, 2.45) is 0 Å². The van der Waals surface area contributed by atoms with Gasteiger partial charge in [0, 0.05) is 11.6 Å². The van der Waals surface area contributed by atoms with Crippen molar-refractivity contribution in [3.63, 3.8) is 0 Å². The van der Waals surface area contributed by atoms with E-state index in [2.05, 4.69) is 20.8 Å². The Bertz CT molecular complexity index is 605. The van der Waals surface area contributed by atoms with E-state index in [0.717, 1.165) is 24.2 Å². The van der Waals surface area contributed by atoms with E-state index < -0.39 is 21.5 Å². The van der Waals surface area contributed by atoms with E-state index in [1.165, 1.54) is 0 Å². The number of rotatable bonds is 7. The number of nitrogens with zero attached hydrogens (tertiary/aromatic N) is 2. The molecule has 1 aromatic heterocycles. The van der Waals surface area contributed by atoms with Crippen molar-refractivity contribution in [1.29, 1.82) is 0 Å². The summed E-state index contributed by atoms with van der Waals surface area (Å²) in [5.41, 5.74) is -0.243. The van der Waals surface area contributed by atoms with Crippen LogP contribution in [0.1, 0.15) is 47.5 Å². The highest BCUT2D eigenvalue weighted by atomic mass is 32.2. The number of amides is 1. The zero-order chi connectivity index (χ0) is 17.0. The van der Waals surface area contributed by atoms with E-state index in [-0.39, 0.29) is 15.9 Å². The molecule has 0 spiro atoms. The molecule has 0 radical (unpaired) electrons. The Labute approximate surface area is 135 Å². The molecule has 0 saturated carbocycles. The molecule has 0 aliphatic carbocycles. The van der Waals surface area contributed by atoms with E-state index in [1.807, 2.05) is 34.6 Å². The first-order valence-corrected chi connectivity index (χ1v) is 9.64. The summed E-state index contributed by atoms with van der Waals surface area (Å²) in [5.74, 6) is -1.12. The fourth-order valence-electron chi connectivity index (χ4n) is 1.76. The first-order chi connectivity index (χ1) is 10.0. The quantitative estimate of drug-likeness (QED) is 0.779. The second kappa shape index (κ2) is 7.36. The minimum atomic E-state index is -3.76. The van der Waals surface area contributed by atoms with Crippen molar-refractivity contribution in [2.45, 2.75) is 63.4 Å². The van der Waals surface area contributed by atoms with E-state index in [0.29, 0.717) is 5.13 Å². The topological polar surface area (TPSA) is 101 Å². The Morgan fingerprint density at radius 3 is 2.50 bits per heavy atom. The summed E-state index contributed by atoms with van der Waals surface area (Å²) < 4.78 is 24.2. The zero-order valence-electron chi connectivity index (χ0n) is 13.6. The molecule has 22 heavy (non-hydrogen) atoms. The van der Waals surface area contributed by atoms with Crippen molar-refractivity contribution in [3.8, 4) is 0 Å². The van der Waals surface area contributed by atoms with Gasteiger partial charge in [0.1, 0.15) is 5.75 Å². The van der Waals surface area contributed by atoms with Crippen LogP contribution in [0.15, 0.2) is 4.34 Å². The third kappa shape index (κ3) is 6.27. The average Bonchev–Trinajstić information content (AvgIpc) is 2.74. The molecule has 7 nitrogen and oxygen atoms in total. The number of hydrogen-bond acceptors (Lipinski definition) is 7. The molecule has 0 saturated heterocycles. The van der Waals surface area contributed by atoms with E-state index >= 15 is 0 Å². The van der Waals surface area contributed by atoms with Crippen LogP contribution in [-0.4, -0.2) is 41.9 Å². The second-order valence-corrected chi connectivity index (χ2v) is 9.41. The molecule has 0 aliphatic rings. The van der Waals surface area contributed by atoms with Crippen LogP contribution in [-0.2, 0) is 14.6 Å². The van der Waals surface area contributed by atoms with Crippen LogP contribution in [0, 0.1) is 0 Å². The fraction of sp³-hybridized carbons (Fsp3) is 0.769.